The summed E-state index contributed by atoms with van der Waals surface area (Å²) in [5.74, 6) is -0.265. The van der Waals surface area contributed by atoms with Crippen molar-refractivity contribution < 1.29 is 4.39 Å². The van der Waals surface area contributed by atoms with Crippen LogP contribution in [-0.4, -0.2) is 12.0 Å². The van der Waals surface area contributed by atoms with Crippen molar-refractivity contribution in [1.82, 2.24) is 10.3 Å². The normalized spacial score (nSPS) is 10.7. The van der Waals surface area contributed by atoms with Gasteiger partial charge in [0.25, 0.3) is 0 Å². The molecule has 84 valence electrons. The molecule has 0 unspecified atom stereocenters. The number of aromatic nitrogens is 1. The summed E-state index contributed by atoms with van der Waals surface area (Å²) in [6.07, 6.45) is 0. The van der Waals surface area contributed by atoms with E-state index in [0.717, 1.165) is 16.3 Å². The lowest BCUT2D eigenvalue weighted by Crippen LogP contribution is -2.05. The molecule has 0 fully saturated rings. The van der Waals surface area contributed by atoms with Crippen LogP contribution in [0, 0.1) is 5.82 Å². The molecule has 0 amide bonds. The zero-order valence-corrected chi connectivity index (χ0v) is 10.2. The molecule has 2 aromatic rings. The van der Waals surface area contributed by atoms with Crippen LogP contribution < -0.4 is 5.32 Å². The maximum absolute atomic E-state index is 13.0. The fourth-order valence-corrected chi connectivity index (χ4v) is 2.49. The van der Waals surface area contributed by atoms with E-state index in [9.17, 15) is 4.39 Å². The predicted octanol–water partition coefficient (Wildman–Crippen LogP) is 3.32. The number of benzene rings is 1. The van der Waals surface area contributed by atoms with E-state index in [1.54, 1.807) is 6.07 Å². The molecule has 0 atom stereocenters. The molecule has 0 radical (unpaired) electrons. The highest BCUT2D eigenvalue weighted by Gasteiger charge is 2.10. The molecule has 0 aliphatic carbocycles. The Morgan fingerprint density at radius 1 is 1.50 bits per heavy atom. The van der Waals surface area contributed by atoms with Crippen molar-refractivity contribution in [1.29, 1.82) is 0 Å². The standard InChI is InChI=1S/C11H10ClFN2S/c1-14-6-9-10(12)16-11(15-9)7-3-2-4-8(13)5-7/h2-5,14H,6H2,1H3. The van der Waals surface area contributed by atoms with Crippen LogP contribution in [0.5, 0.6) is 0 Å². The summed E-state index contributed by atoms with van der Waals surface area (Å²) in [5, 5.41) is 3.73. The van der Waals surface area contributed by atoms with Crippen LogP contribution in [0.1, 0.15) is 5.69 Å². The van der Waals surface area contributed by atoms with E-state index in [0.29, 0.717) is 10.9 Å². The van der Waals surface area contributed by atoms with E-state index in [4.69, 9.17) is 11.6 Å². The van der Waals surface area contributed by atoms with Crippen LogP contribution in [0.3, 0.4) is 0 Å². The van der Waals surface area contributed by atoms with E-state index in [1.165, 1.54) is 23.5 Å². The first kappa shape index (κ1) is 11.5. The first-order valence-corrected chi connectivity index (χ1v) is 5.96. The number of hydrogen-bond acceptors (Lipinski definition) is 3. The smallest absolute Gasteiger partial charge is 0.125 e. The van der Waals surface area contributed by atoms with Crippen molar-refractivity contribution >= 4 is 22.9 Å². The molecule has 5 heteroatoms. The van der Waals surface area contributed by atoms with E-state index >= 15 is 0 Å². The molecule has 1 heterocycles. The maximum atomic E-state index is 13.0. The van der Waals surface area contributed by atoms with Gasteiger partial charge in [-0.2, -0.15) is 0 Å². The summed E-state index contributed by atoms with van der Waals surface area (Å²) in [4.78, 5) is 4.37. The Morgan fingerprint density at radius 3 is 3.00 bits per heavy atom. The topological polar surface area (TPSA) is 24.9 Å². The largest absolute Gasteiger partial charge is 0.314 e. The highest BCUT2D eigenvalue weighted by Crippen LogP contribution is 2.31. The summed E-state index contributed by atoms with van der Waals surface area (Å²) < 4.78 is 13.7. The van der Waals surface area contributed by atoms with E-state index < -0.39 is 0 Å². The monoisotopic (exact) mass is 256 g/mol. The Kier molecular flexibility index (Phi) is 3.53. The zero-order valence-electron chi connectivity index (χ0n) is 8.63. The predicted molar refractivity (Wildman–Crippen MR) is 65.3 cm³/mol. The van der Waals surface area contributed by atoms with E-state index in [1.807, 2.05) is 13.1 Å². The summed E-state index contributed by atoms with van der Waals surface area (Å²) >= 11 is 7.40. The minimum atomic E-state index is -0.265. The zero-order chi connectivity index (χ0) is 11.5. The number of nitrogens with zero attached hydrogens (tertiary/aromatic N) is 1. The molecule has 1 aromatic heterocycles. The second-order valence-electron chi connectivity index (χ2n) is 3.28. The Labute approximate surface area is 102 Å². The van der Waals surface area contributed by atoms with Crippen LogP contribution in [0.2, 0.25) is 4.34 Å². The van der Waals surface area contributed by atoms with Crippen molar-refractivity contribution in [3.05, 3.63) is 40.1 Å². The average molecular weight is 257 g/mol. The maximum Gasteiger partial charge on any atom is 0.125 e. The first-order chi connectivity index (χ1) is 7.70. The van der Waals surface area contributed by atoms with Crippen molar-refractivity contribution in [3.8, 4) is 10.6 Å². The molecule has 0 spiro atoms. The van der Waals surface area contributed by atoms with Crippen LogP contribution in [-0.2, 0) is 6.54 Å². The SMILES string of the molecule is CNCc1nc(-c2cccc(F)c2)sc1Cl. The van der Waals surface area contributed by atoms with Gasteiger partial charge in [0.2, 0.25) is 0 Å². The third-order valence-electron chi connectivity index (χ3n) is 2.07. The van der Waals surface area contributed by atoms with Gasteiger partial charge in [-0.05, 0) is 19.2 Å². The number of nitrogens with one attached hydrogen (secondary N) is 1. The van der Waals surface area contributed by atoms with Gasteiger partial charge in [0.05, 0.1) is 5.69 Å². The molecule has 16 heavy (non-hydrogen) atoms. The second kappa shape index (κ2) is 4.91. The average Bonchev–Trinajstić information content (AvgIpc) is 2.61. The fraction of sp³-hybridized carbons (Fsp3) is 0.182. The molecule has 0 saturated heterocycles. The molecule has 2 nitrogen and oxygen atoms in total. The van der Waals surface area contributed by atoms with E-state index in [2.05, 4.69) is 10.3 Å². The van der Waals surface area contributed by atoms with Crippen molar-refractivity contribution in [2.45, 2.75) is 6.54 Å². The molecule has 2 rings (SSSR count). The van der Waals surface area contributed by atoms with Crippen LogP contribution in [0.4, 0.5) is 4.39 Å². The molecule has 0 aliphatic heterocycles. The first-order valence-electron chi connectivity index (χ1n) is 4.76. The van der Waals surface area contributed by atoms with Gasteiger partial charge in [-0.25, -0.2) is 9.37 Å². The summed E-state index contributed by atoms with van der Waals surface area (Å²) in [5.41, 5.74) is 1.56. The van der Waals surface area contributed by atoms with Crippen molar-refractivity contribution in [2.24, 2.45) is 0 Å². The van der Waals surface area contributed by atoms with Gasteiger partial charge in [0.1, 0.15) is 15.2 Å². The lowest BCUT2D eigenvalue weighted by atomic mass is 10.2. The molecule has 0 saturated carbocycles. The molecule has 1 N–H and O–H groups in total. The third kappa shape index (κ3) is 2.40. The second-order valence-corrected chi connectivity index (χ2v) is 4.88. The minimum Gasteiger partial charge on any atom is -0.314 e. The van der Waals surface area contributed by atoms with Crippen LogP contribution >= 0.6 is 22.9 Å². The highest BCUT2D eigenvalue weighted by atomic mass is 35.5. The lowest BCUT2D eigenvalue weighted by Gasteiger charge is -1.95. The fourth-order valence-electron chi connectivity index (χ4n) is 1.35. The number of thiazole rings is 1. The van der Waals surface area contributed by atoms with Crippen molar-refractivity contribution in [3.63, 3.8) is 0 Å². The van der Waals surface area contributed by atoms with Crippen LogP contribution in [0.15, 0.2) is 24.3 Å². The lowest BCUT2D eigenvalue weighted by molar-refractivity contribution is 0.628. The molecular formula is C11H10ClFN2S. The van der Waals surface area contributed by atoms with Gasteiger partial charge in [-0.3, -0.25) is 0 Å². The molecule has 0 aliphatic rings. The van der Waals surface area contributed by atoms with Gasteiger partial charge in [-0.1, -0.05) is 23.7 Å². The molecule has 1 aromatic carbocycles. The Morgan fingerprint density at radius 2 is 2.31 bits per heavy atom. The summed E-state index contributed by atoms with van der Waals surface area (Å²) in [7, 11) is 1.83. The van der Waals surface area contributed by atoms with Gasteiger partial charge in [-0.15, -0.1) is 11.3 Å². The van der Waals surface area contributed by atoms with E-state index in [-0.39, 0.29) is 5.82 Å². The highest BCUT2D eigenvalue weighted by molar-refractivity contribution is 7.19. The van der Waals surface area contributed by atoms with Gasteiger partial charge >= 0.3 is 0 Å². The quantitative estimate of drug-likeness (QED) is 0.911. The summed E-state index contributed by atoms with van der Waals surface area (Å²) in [6.45, 7) is 0.616. The Balaban J connectivity index is 2.37. The Hall–Kier alpha value is -0.970. The minimum absolute atomic E-state index is 0.265. The van der Waals surface area contributed by atoms with Gasteiger partial charge in [0, 0.05) is 12.1 Å². The number of hydrogen-bond donors (Lipinski definition) is 1. The van der Waals surface area contributed by atoms with Gasteiger partial charge in [0.15, 0.2) is 0 Å². The number of rotatable bonds is 3. The third-order valence-corrected chi connectivity index (χ3v) is 3.45. The summed E-state index contributed by atoms with van der Waals surface area (Å²) in [6, 6.07) is 6.35. The molecule has 0 bridgehead atoms. The van der Waals surface area contributed by atoms with Crippen molar-refractivity contribution in [2.75, 3.05) is 7.05 Å². The Bertz CT molecular complexity index is 498. The van der Waals surface area contributed by atoms with Crippen LogP contribution in [0.25, 0.3) is 10.6 Å². The molecular weight excluding hydrogens is 247 g/mol. The van der Waals surface area contributed by atoms with Gasteiger partial charge < -0.3 is 5.32 Å². The number of halogens is 2.